The Morgan fingerprint density at radius 2 is 1.69 bits per heavy atom. The van der Waals surface area contributed by atoms with Gasteiger partial charge in [0.05, 0.1) is 5.52 Å². The molecule has 0 amide bonds. The molecule has 0 spiro atoms. The molecule has 1 aliphatic rings. The second-order valence-electron chi connectivity index (χ2n) is 6.37. The molecule has 0 saturated heterocycles. The van der Waals surface area contributed by atoms with Crippen LogP contribution in [0.2, 0.25) is 0 Å². The second kappa shape index (κ2) is 11.7. The van der Waals surface area contributed by atoms with E-state index in [1.165, 1.54) is 49.5 Å². The highest BCUT2D eigenvalue weighted by atomic mass is 16.2. The number of carbonyl (C=O) groups excluding carboxylic acids is 4. The molecule has 26 heavy (non-hydrogen) atoms. The number of hydrogen-bond acceptors (Lipinski definition) is 6. The van der Waals surface area contributed by atoms with Crippen LogP contribution in [0.5, 0.6) is 0 Å². The zero-order chi connectivity index (χ0) is 19.4. The molecule has 0 atom stereocenters. The minimum absolute atomic E-state index is 0.250. The van der Waals surface area contributed by atoms with Crippen molar-refractivity contribution in [1.29, 1.82) is 0 Å². The molecule has 3 rings (SSSR count). The van der Waals surface area contributed by atoms with E-state index in [-0.39, 0.29) is 12.3 Å². The molecule has 1 aliphatic carbocycles. The predicted molar refractivity (Wildman–Crippen MR) is 95.8 cm³/mol. The Morgan fingerprint density at radius 3 is 2.31 bits per heavy atom. The summed E-state index contributed by atoms with van der Waals surface area (Å²) in [5.41, 5.74) is 10.5. The number of hydrogen-bond donors (Lipinski definition) is 1. The van der Waals surface area contributed by atoms with Crippen molar-refractivity contribution in [3.05, 3.63) is 35.5 Å². The molecular weight excluding hydrogens is 332 g/mol. The van der Waals surface area contributed by atoms with Gasteiger partial charge in [-0.1, -0.05) is 44.2 Å². The van der Waals surface area contributed by atoms with Crippen LogP contribution in [-0.2, 0) is 25.6 Å². The summed E-state index contributed by atoms with van der Waals surface area (Å²) >= 11 is 0. The highest BCUT2D eigenvalue weighted by molar-refractivity contribution is 5.93. The second-order valence-corrected chi connectivity index (χ2v) is 6.37. The van der Waals surface area contributed by atoms with E-state index in [4.69, 9.17) is 24.9 Å². The predicted octanol–water partition coefficient (Wildman–Crippen LogP) is 3.47. The molecule has 1 aromatic heterocycles. The summed E-state index contributed by atoms with van der Waals surface area (Å²) in [6.45, 7) is 2.00. The zero-order valence-electron chi connectivity index (χ0n) is 15.0. The van der Waals surface area contributed by atoms with Crippen molar-refractivity contribution < 1.29 is 19.2 Å². The van der Waals surface area contributed by atoms with Gasteiger partial charge in [0.1, 0.15) is 0 Å². The van der Waals surface area contributed by atoms with Gasteiger partial charge in [-0.2, -0.15) is 19.2 Å². The first-order valence-electron chi connectivity index (χ1n) is 8.70. The monoisotopic (exact) mass is 356 g/mol. The molecule has 2 aromatic rings. The minimum atomic E-state index is 0.250. The van der Waals surface area contributed by atoms with Crippen molar-refractivity contribution in [2.75, 3.05) is 5.73 Å². The van der Waals surface area contributed by atoms with Crippen molar-refractivity contribution >= 4 is 28.9 Å². The molecule has 2 N–H and O–H groups in total. The van der Waals surface area contributed by atoms with Crippen molar-refractivity contribution in [2.24, 2.45) is 5.92 Å². The molecule has 1 saturated carbocycles. The number of nitrogens with two attached hydrogens (primary N) is 1. The highest BCUT2D eigenvalue weighted by Crippen LogP contribution is 2.30. The Labute approximate surface area is 152 Å². The van der Waals surface area contributed by atoms with E-state index < -0.39 is 0 Å². The molecule has 0 bridgehead atoms. The topological polar surface area (TPSA) is 107 Å². The van der Waals surface area contributed by atoms with Crippen LogP contribution in [0.4, 0.5) is 5.69 Å². The van der Waals surface area contributed by atoms with Crippen LogP contribution in [0, 0.1) is 12.8 Å². The van der Waals surface area contributed by atoms with E-state index in [2.05, 4.69) is 23.2 Å². The fraction of sp³-hybridized carbons (Fsp3) is 0.450. The molecule has 0 aliphatic heterocycles. The summed E-state index contributed by atoms with van der Waals surface area (Å²) in [7, 11) is 0. The van der Waals surface area contributed by atoms with Gasteiger partial charge >= 0.3 is 12.3 Å². The first-order valence-corrected chi connectivity index (χ1v) is 8.70. The fourth-order valence-electron chi connectivity index (χ4n) is 3.58. The van der Waals surface area contributed by atoms with E-state index in [9.17, 15) is 0 Å². The summed E-state index contributed by atoms with van der Waals surface area (Å²) in [6, 6.07) is 8.40. The van der Waals surface area contributed by atoms with Gasteiger partial charge in [-0.15, -0.1) is 0 Å². The molecule has 1 fully saturated rings. The summed E-state index contributed by atoms with van der Waals surface area (Å²) in [6.07, 6.45) is 10.0. The highest BCUT2D eigenvalue weighted by Gasteiger charge is 2.14. The number of aromatic nitrogens is 1. The SMILES string of the molecule is Cc1cc(N)c2c(CCC3CCCCC3)cccc2n1.O=C=O.O=C=O. The van der Waals surface area contributed by atoms with Crippen LogP contribution in [0.3, 0.4) is 0 Å². The van der Waals surface area contributed by atoms with Crippen molar-refractivity contribution in [3.63, 3.8) is 0 Å². The lowest BCUT2D eigenvalue weighted by Crippen LogP contribution is -2.07. The van der Waals surface area contributed by atoms with Crippen LogP contribution < -0.4 is 5.73 Å². The number of nitrogens with zero attached hydrogens (tertiary/aromatic N) is 1. The number of anilines is 1. The molecule has 6 nitrogen and oxygen atoms in total. The van der Waals surface area contributed by atoms with Crippen LogP contribution in [-0.4, -0.2) is 17.3 Å². The van der Waals surface area contributed by atoms with Gasteiger partial charge in [0.25, 0.3) is 0 Å². The third-order valence-electron chi connectivity index (χ3n) is 4.63. The first kappa shape index (κ1) is 21.2. The Bertz CT molecular complexity index is 759. The molecule has 1 heterocycles. The summed E-state index contributed by atoms with van der Waals surface area (Å²) in [4.78, 5) is 37.1. The largest absolute Gasteiger partial charge is 0.398 e. The van der Waals surface area contributed by atoms with Gasteiger partial charge < -0.3 is 5.73 Å². The summed E-state index contributed by atoms with van der Waals surface area (Å²) in [5.74, 6) is 0.915. The molecular formula is C20H24N2O4. The van der Waals surface area contributed by atoms with Gasteiger partial charge in [-0.25, -0.2) is 0 Å². The van der Waals surface area contributed by atoms with E-state index >= 15 is 0 Å². The van der Waals surface area contributed by atoms with Crippen LogP contribution >= 0.6 is 0 Å². The van der Waals surface area contributed by atoms with Crippen LogP contribution in [0.15, 0.2) is 24.3 Å². The third-order valence-corrected chi connectivity index (χ3v) is 4.63. The standard InChI is InChI=1S/C18H24N2.2CO2/c1-13-12-16(19)18-15(8-5-9-17(18)20-13)11-10-14-6-3-2-4-7-14;2*2-1-3/h5,8-9,12,14H,2-4,6-7,10-11H2,1H3,(H2,19,20);;. The molecule has 6 heteroatoms. The average Bonchev–Trinajstić information content (AvgIpc) is 2.61. The Morgan fingerprint density at radius 1 is 1.08 bits per heavy atom. The maximum atomic E-state index is 8.12. The van der Waals surface area contributed by atoms with E-state index in [0.29, 0.717) is 0 Å². The lowest BCUT2D eigenvalue weighted by molar-refractivity contribution is -0.193. The van der Waals surface area contributed by atoms with E-state index in [0.717, 1.165) is 29.2 Å². The van der Waals surface area contributed by atoms with Gasteiger partial charge in [-0.05, 0) is 43.4 Å². The van der Waals surface area contributed by atoms with Crippen LogP contribution in [0.1, 0.15) is 49.8 Å². The van der Waals surface area contributed by atoms with Gasteiger partial charge in [-0.3, -0.25) is 4.98 Å². The Kier molecular flexibility index (Phi) is 9.55. The zero-order valence-corrected chi connectivity index (χ0v) is 15.0. The molecule has 0 radical (unpaired) electrons. The van der Waals surface area contributed by atoms with Gasteiger partial charge in [0.2, 0.25) is 0 Å². The Balaban J connectivity index is 0.000000499. The Hall–Kier alpha value is -2.81. The third kappa shape index (κ3) is 6.60. The minimum Gasteiger partial charge on any atom is -0.398 e. The van der Waals surface area contributed by atoms with Crippen LogP contribution in [0.25, 0.3) is 10.9 Å². The average molecular weight is 356 g/mol. The first-order chi connectivity index (χ1) is 12.6. The van der Waals surface area contributed by atoms with E-state index in [1.54, 1.807) is 0 Å². The number of pyridine rings is 1. The van der Waals surface area contributed by atoms with Gasteiger partial charge in [0.15, 0.2) is 0 Å². The number of fused-ring (bicyclic) bond motifs is 1. The quantitative estimate of drug-likeness (QED) is 0.902. The number of rotatable bonds is 3. The van der Waals surface area contributed by atoms with Crippen molar-refractivity contribution in [2.45, 2.75) is 51.9 Å². The lowest BCUT2D eigenvalue weighted by atomic mass is 9.85. The number of nitrogen functional groups attached to an aromatic ring is 1. The molecule has 0 unspecified atom stereocenters. The summed E-state index contributed by atoms with van der Waals surface area (Å²) < 4.78 is 0. The summed E-state index contributed by atoms with van der Waals surface area (Å²) in [5, 5.41) is 1.17. The van der Waals surface area contributed by atoms with Crippen molar-refractivity contribution in [1.82, 2.24) is 4.98 Å². The van der Waals surface area contributed by atoms with Crippen molar-refractivity contribution in [3.8, 4) is 0 Å². The fourth-order valence-corrected chi connectivity index (χ4v) is 3.58. The normalized spacial score (nSPS) is 13.4. The molecule has 1 aromatic carbocycles. The van der Waals surface area contributed by atoms with E-state index in [1.807, 2.05) is 13.0 Å². The number of benzene rings is 1. The van der Waals surface area contributed by atoms with Gasteiger partial charge in [0, 0.05) is 16.8 Å². The lowest BCUT2D eigenvalue weighted by Gasteiger charge is -2.21. The smallest absolute Gasteiger partial charge is 0.373 e. The molecule has 138 valence electrons. The number of aryl methyl sites for hydroxylation is 2. The maximum Gasteiger partial charge on any atom is 0.373 e. The maximum absolute atomic E-state index is 8.12.